The first-order chi connectivity index (χ1) is 9.17. The molecule has 4 nitrogen and oxygen atoms in total. The van der Waals surface area contributed by atoms with Crippen molar-refractivity contribution in [3.05, 3.63) is 35.9 Å². The van der Waals surface area contributed by atoms with E-state index in [-0.39, 0.29) is 11.9 Å². The molecule has 1 atom stereocenters. The molecule has 0 radical (unpaired) electrons. The summed E-state index contributed by atoms with van der Waals surface area (Å²) in [6.07, 6.45) is 0. The van der Waals surface area contributed by atoms with Crippen molar-refractivity contribution in [1.82, 2.24) is 4.90 Å². The molecule has 1 rings (SSSR count). The normalized spacial score (nSPS) is 12.4. The fourth-order valence-corrected chi connectivity index (χ4v) is 1.96. The predicted molar refractivity (Wildman–Crippen MR) is 74.8 cm³/mol. The zero-order valence-electron chi connectivity index (χ0n) is 12.0. The van der Waals surface area contributed by atoms with Crippen LogP contribution in [0.25, 0.3) is 0 Å². The van der Waals surface area contributed by atoms with Gasteiger partial charge < -0.3 is 9.47 Å². The van der Waals surface area contributed by atoms with Gasteiger partial charge in [0.2, 0.25) is 0 Å². The number of hydrogen-bond acceptors (Lipinski definition) is 4. The summed E-state index contributed by atoms with van der Waals surface area (Å²) in [5.41, 5.74) is 1.23. The van der Waals surface area contributed by atoms with E-state index in [2.05, 4.69) is 17.0 Å². The Morgan fingerprint density at radius 3 is 2.53 bits per heavy atom. The molecule has 0 amide bonds. The van der Waals surface area contributed by atoms with Gasteiger partial charge in [-0.15, -0.1) is 0 Å². The number of rotatable bonds is 8. The third-order valence-corrected chi connectivity index (χ3v) is 3.00. The van der Waals surface area contributed by atoms with Crippen molar-refractivity contribution in [2.24, 2.45) is 5.92 Å². The Kier molecular flexibility index (Phi) is 7.15. The van der Waals surface area contributed by atoms with Gasteiger partial charge in [-0.3, -0.25) is 9.69 Å². The molecule has 0 aliphatic carbocycles. The zero-order chi connectivity index (χ0) is 14.1. The summed E-state index contributed by atoms with van der Waals surface area (Å²) in [6.45, 7) is 4.82. The van der Waals surface area contributed by atoms with Crippen LogP contribution in [0.15, 0.2) is 30.3 Å². The van der Waals surface area contributed by atoms with Gasteiger partial charge in [-0.2, -0.15) is 0 Å². The molecule has 106 valence electrons. The molecule has 1 aromatic rings. The monoisotopic (exact) mass is 265 g/mol. The first kappa shape index (κ1) is 15.7. The molecule has 4 heteroatoms. The first-order valence-corrected chi connectivity index (χ1v) is 6.50. The number of methoxy groups -OCH3 is 2. The van der Waals surface area contributed by atoms with E-state index in [4.69, 9.17) is 9.47 Å². The summed E-state index contributed by atoms with van der Waals surface area (Å²) in [5, 5.41) is 0. The molecule has 0 heterocycles. The second kappa shape index (κ2) is 8.67. The maximum Gasteiger partial charge on any atom is 0.309 e. The van der Waals surface area contributed by atoms with Crippen LogP contribution in [0.2, 0.25) is 0 Å². The van der Waals surface area contributed by atoms with Crippen molar-refractivity contribution in [1.29, 1.82) is 0 Å². The maximum absolute atomic E-state index is 11.5. The molecule has 1 unspecified atom stereocenters. The lowest BCUT2D eigenvalue weighted by molar-refractivity contribution is -0.145. The summed E-state index contributed by atoms with van der Waals surface area (Å²) in [4.78, 5) is 13.7. The van der Waals surface area contributed by atoms with Crippen molar-refractivity contribution >= 4 is 5.97 Å². The number of carbonyl (C=O) groups excluding carboxylic acids is 1. The van der Waals surface area contributed by atoms with Crippen LogP contribution in [0.1, 0.15) is 12.5 Å². The Morgan fingerprint density at radius 2 is 1.95 bits per heavy atom. The Bertz CT molecular complexity index is 367. The zero-order valence-corrected chi connectivity index (χ0v) is 12.0. The average molecular weight is 265 g/mol. The van der Waals surface area contributed by atoms with Gasteiger partial charge in [0.15, 0.2) is 0 Å². The van der Waals surface area contributed by atoms with Crippen LogP contribution in [0.5, 0.6) is 0 Å². The summed E-state index contributed by atoms with van der Waals surface area (Å²) < 4.78 is 9.89. The quantitative estimate of drug-likeness (QED) is 0.673. The highest BCUT2D eigenvalue weighted by Crippen LogP contribution is 2.08. The Balaban J connectivity index is 2.58. The highest BCUT2D eigenvalue weighted by atomic mass is 16.5. The van der Waals surface area contributed by atoms with Crippen LogP contribution in [0.4, 0.5) is 0 Å². The first-order valence-electron chi connectivity index (χ1n) is 6.50. The van der Waals surface area contributed by atoms with E-state index in [0.29, 0.717) is 13.2 Å². The molecule has 0 aliphatic heterocycles. The molecule has 0 bridgehead atoms. The molecule has 0 N–H and O–H groups in total. The second-order valence-corrected chi connectivity index (χ2v) is 4.64. The van der Waals surface area contributed by atoms with Crippen LogP contribution in [0.3, 0.4) is 0 Å². The maximum atomic E-state index is 11.5. The molecule has 0 spiro atoms. The number of hydrogen-bond donors (Lipinski definition) is 0. The van der Waals surface area contributed by atoms with Crippen LogP contribution >= 0.6 is 0 Å². The SMILES string of the molecule is COCCN(Cc1ccccc1)CC(C)C(=O)OC. The summed E-state index contributed by atoms with van der Waals surface area (Å²) in [6, 6.07) is 10.2. The third kappa shape index (κ3) is 5.85. The topological polar surface area (TPSA) is 38.8 Å². The molecule has 0 saturated heterocycles. The van der Waals surface area contributed by atoms with Crippen LogP contribution in [0, 0.1) is 5.92 Å². The van der Waals surface area contributed by atoms with E-state index in [9.17, 15) is 4.79 Å². The van der Waals surface area contributed by atoms with Gasteiger partial charge in [0.05, 0.1) is 19.6 Å². The van der Waals surface area contributed by atoms with E-state index < -0.39 is 0 Å². The van der Waals surface area contributed by atoms with Crippen LogP contribution in [-0.2, 0) is 20.8 Å². The molecular weight excluding hydrogens is 242 g/mol. The van der Waals surface area contributed by atoms with E-state index in [0.717, 1.165) is 13.1 Å². The fourth-order valence-electron chi connectivity index (χ4n) is 1.96. The molecular formula is C15H23NO3. The number of nitrogens with zero attached hydrogens (tertiary/aromatic N) is 1. The lowest BCUT2D eigenvalue weighted by atomic mass is 10.1. The molecule has 0 aliphatic rings. The minimum Gasteiger partial charge on any atom is -0.469 e. The Morgan fingerprint density at radius 1 is 1.26 bits per heavy atom. The van der Waals surface area contributed by atoms with E-state index in [1.807, 2.05) is 25.1 Å². The minimum absolute atomic E-state index is 0.134. The summed E-state index contributed by atoms with van der Waals surface area (Å²) in [5.74, 6) is -0.305. The van der Waals surface area contributed by atoms with Crippen molar-refractivity contribution in [2.45, 2.75) is 13.5 Å². The van der Waals surface area contributed by atoms with Crippen molar-refractivity contribution in [3.8, 4) is 0 Å². The number of esters is 1. The standard InChI is InChI=1S/C15H23NO3/c1-13(15(17)19-3)11-16(9-10-18-2)12-14-7-5-4-6-8-14/h4-8,13H,9-12H2,1-3H3. The van der Waals surface area contributed by atoms with Crippen LogP contribution < -0.4 is 0 Å². The van der Waals surface area contributed by atoms with E-state index >= 15 is 0 Å². The molecule has 0 saturated carbocycles. The highest BCUT2D eigenvalue weighted by molar-refractivity contribution is 5.72. The number of ether oxygens (including phenoxy) is 2. The van der Waals surface area contributed by atoms with E-state index in [1.54, 1.807) is 7.11 Å². The number of carbonyl (C=O) groups is 1. The van der Waals surface area contributed by atoms with E-state index in [1.165, 1.54) is 12.7 Å². The van der Waals surface area contributed by atoms with Gasteiger partial charge in [0.1, 0.15) is 0 Å². The molecule has 0 fully saturated rings. The Hall–Kier alpha value is -1.39. The van der Waals surface area contributed by atoms with Gasteiger partial charge in [0.25, 0.3) is 0 Å². The van der Waals surface area contributed by atoms with Crippen molar-refractivity contribution < 1.29 is 14.3 Å². The molecule has 19 heavy (non-hydrogen) atoms. The Labute approximate surface area is 115 Å². The summed E-state index contributed by atoms with van der Waals surface area (Å²) >= 11 is 0. The lowest BCUT2D eigenvalue weighted by Crippen LogP contribution is -2.34. The van der Waals surface area contributed by atoms with Gasteiger partial charge in [-0.1, -0.05) is 37.3 Å². The summed E-state index contributed by atoms with van der Waals surface area (Å²) in [7, 11) is 3.11. The molecule has 0 aromatic heterocycles. The van der Waals surface area contributed by atoms with Crippen LogP contribution in [-0.4, -0.2) is 44.8 Å². The van der Waals surface area contributed by atoms with Crippen molar-refractivity contribution in [2.75, 3.05) is 33.9 Å². The smallest absolute Gasteiger partial charge is 0.309 e. The third-order valence-electron chi connectivity index (χ3n) is 3.00. The van der Waals surface area contributed by atoms with Gasteiger partial charge in [0, 0.05) is 26.7 Å². The number of benzene rings is 1. The van der Waals surface area contributed by atoms with Crippen molar-refractivity contribution in [3.63, 3.8) is 0 Å². The minimum atomic E-state index is -0.171. The predicted octanol–water partition coefficient (Wildman–Crippen LogP) is 1.94. The van der Waals surface area contributed by atoms with Gasteiger partial charge >= 0.3 is 5.97 Å². The fraction of sp³-hybridized carbons (Fsp3) is 0.533. The average Bonchev–Trinajstić information content (AvgIpc) is 2.44. The molecule has 1 aromatic carbocycles. The van der Waals surface area contributed by atoms with Gasteiger partial charge in [-0.25, -0.2) is 0 Å². The largest absolute Gasteiger partial charge is 0.469 e. The lowest BCUT2D eigenvalue weighted by Gasteiger charge is -2.24. The van der Waals surface area contributed by atoms with Gasteiger partial charge in [-0.05, 0) is 5.56 Å². The highest BCUT2D eigenvalue weighted by Gasteiger charge is 2.17. The second-order valence-electron chi connectivity index (χ2n) is 4.64.